The molecule has 114 valence electrons. The molecule has 2 saturated carbocycles. The summed E-state index contributed by atoms with van der Waals surface area (Å²) in [5.41, 5.74) is 5.19. The summed E-state index contributed by atoms with van der Waals surface area (Å²) in [6.07, 6.45) is 10.5. The normalized spacial score (nSPS) is 41.8. The van der Waals surface area contributed by atoms with Crippen LogP contribution in [0.25, 0.3) is 0 Å². The number of likely N-dealkylation sites (tertiary alicyclic amines) is 1. The first-order valence-corrected chi connectivity index (χ1v) is 8.37. The van der Waals surface area contributed by atoms with E-state index in [4.69, 9.17) is 5.73 Å². The Hall–Kier alpha value is -0.610. The molecule has 0 aromatic carbocycles. The fourth-order valence-corrected chi connectivity index (χ4v) is 4.89. The average molecular weight is 280 g/mol. The highest BCUT2D eigenvalue weighted by molar-refractivity contribution is 5.79. The van der Waals surface area contributed by atoms with Crippen LogP contribution in [0.4, 0.5) is 0 Å². The molecule has 20 heavy (non-hydrogen) atoms. The SMILES string of the molecule is NC1(C(=O)O)CCCC1CCN1CCC2CCCCC21. The van der Waals surface area contributed by atoms with Crippen LogP contribution in [-0.4, -0.2) is 40.6 Å². The Morgan fingerprint density at radius 3 is 2.80 bits per heavy atom. The van der Waals surface area contributed by atoms with E-state index in [-0.39, 0.29) is 5.92 Å². The number of carboxylic acid groups (broad SMARTS) is 1. The van der Waals surface area contributed by atoms with Crippen LogP contribution >= 0.6 is 0 Å². The molecule has 4 heteroatoms. The van der Waals surface area contributed by atoms with Crippen molar-refractivity contribution in [2.24, 2.45) is 17.6 Å². The largest absolute Gasteiger partial charge is 0.480 e. The van der Waals surface area contributed by atoms with Gasteiger partial charge in [-0.3, -0.25) is 4.79 Å². The van der Waals surface area contributed by atoms with E-state index in [0.717, 1.165) is 37.8 Å². The summed E-state index contributed by atoms with van der Waals surface area (Å²) in [6, 6.07) is 0.780. The maximum absolute atomic E-state index is 11.4. The molecular weight excluding hydrogens is 252 g/mol. The van der Waals surface area contributed by atoms with Gasteiger partial charge >= 0.3 is 5.97 Å². The summed E-state index contributed by atoms with van der Waals surface area (Å²) < 4.78 is 0. The van der Waals surface area contributed by atoms with Crippen LogP contribution in [0.1, 0.15) is 57.8 Å². The first-order valence-electron chi connectivity index (χ1n) is 8.37. The maximum Gasteiger partial charge on any atom is 0.323 e. The van der Waals surface area contributed by atoms with Crippen LogP contribution in [0, 0.1) is 11.8 Å². The van der Waals surface area contributed by atoms with Gasteiger partial charge in [-0.2, -0.15) is 0 Å². The summed E-state index contributed by atoms with van der Waals surface area (Å²) in [6.45, 7) is 2.27. The molecular formula is C16H28N2O2. The number of hydrogen-bond acceptors (Lipinski definition) is 3. The maximum atomic E-state index is 11.4. The van der Waals surface area contributed by atoms with E-state index in [1.54, 1.807) is 0 Å². The molecule has 4 atom stereocenters. The smallest absolute Gasteiger partial charge is 0.323 e. The highest BCUT2D eigenvalue weighted by Crippen LogP contribution is 2.39. The van der Waals surface area contributed by atoms with Gasteiger partial charge in [-0.15, -0.1) is 0 Å². The third-order valence-corrected chi connectivity index (χ3v) is 6.16. The van der Waals surface area contributed by atoms with Gasteiger partial charge in [0.1, 0.15) is 5.54 Å². The Morgan fingerprint density at radius 1 is 1.20 bits per heavy atom. The second-order valence-corrected chi connectivity index (χ2v) is 7.16. The van der Waals surface area contributed by atoms with E-state index < -0.39 is 11.5 Å². The van der Waals surface area contributed by atoms with E-state index in [1.165, 1.54) is 38.6 Å². The summed E-state index contributed by atoms with van der Waals surface area (Å²) in [5, 5.41) is 9.38. The van der Waals surface area contributed by atoms with Crippen LogP contribution in [0.3, 0.4) is 0 Å². The van der Waals surface area contributed by atoms with Gasteiger partial charge in [-0.25, -0.2) is 0 Å². The van der Waals surface area contributed by atoms with Gasteiger partial charge in [0.25, 0.3) is 0 Å². The summed E-state index contributed by atoms with van der Waals surface area (Å²) in [7, 11) is 0. The molecule has 0 radical (unpaired) electrons. The Labute approximate surface area is 121 Å². The molecule has 3 aliphatic rings. The molecule has 0 spiro atoms. The van der Waals surface area contributed by atoms with Crippen LogP contribution in [-0.2, 0) is 4.79 Å². The number of rotatable bonds is 4. The molecule has 1 heterocycles. The molecule has 3 fully saturated rings. The Bertz CT molecular complexity index is 373. The molecule has 0 amide bonds. The number of nitrogens with zero attached hydrogens (tertiary/aromatic N) is 1. The number of aliphatic carboxylic acids is 1. The van der Waals surface area contributed by atoms with Crippen molar-refractivity contribution in [3.8, 4) is 0 Å². The monoisotopic (exact) mass is 280 g/mol. The zero-order valence-electron chi connectivity index (χ0n) is 12.4. The number of carboxylic acids is 1. The van der Waals surface area contributed by atoms with Crippen LogP contribution in [0.15, 0.2) is 0 Å². The minimum atomic E-state index is -0.953. The van der Waals surface area contributed by atoms with Gasteiger partial charge in [-0.1, -0.05) is 19.3 Å². The van der Waals surface area contributed by atoms with Crippen molar-refractivity contribution in [2.75, 3.05) is 13.1 Å². The molecule has 0 bridgehead atoms. The van der Waals surface area contributed by atoms with Crippen molar-refractivity contribution in [2.45, 2.75) is 69.4 Å². The molecule has 4 unspecified atom stereocenters. The van der Waals surface area contributed by atoms with Gasteiger partial charge in [0.15, 0.2) is 0 Å². The van der Waals surface area contributed by atoms with E-state index in [0.29, 0.717) is 6.42 Å². The quantitative estimate of drug-likeness (QED) is 0.828. The van der Waals surface area contributed by atoms with Crippen LogP contribution < -0.4 is 5.73 Å². The van der Waals surface area contributed by atoms with Crippen molar-refractivity contribution in [3.63, 3.8) is 0 Å². The third-order valence-electron chi connectivity index (χ3n) is 6.16. The Kier molecular flexibility index (Phi) is 4.04. The Morgan fingerprint density at radius 2 is 2.00 bits per heavy atom. The number of carbonyl (C=O) groups is 1. The van der Waals surface area contributed by atoms with Crippen LogP contribution in [0.5, 0.6) is 0 Å². The van der Waals surface area contributed by atoms with Crippen molar-refractivity contribution >= 4 is 5.97 Å². The lowest BCUT2D eigenvalue weighted by Gasteiger charge is -2.34. The molecule has 3 N–H and O–H groups in total. The fraction of sp³-hybridized carbons (Fsp3) is 0.938. The third kappa shape index (κ3) is 2.48. The Balaban J connectivity index is 1.55. The first-order chi connectivity index (χ1) is 9.61. The summed E-state index contributed by atoms with van der Waals surface area (Å²) >= 11 is 0. The zero-order valence-corrected chi connectivity index (χ0v) is 12.4. The second-order valence-electron chi connectivity index (χ2n) is 7.16. The molecule has 4 nitrogen and oxygen atoms in total. The molecule has 1 aliphatic heterocycles. The average Bonchev–Trinajstić information content (AvgIpc) is 3.01. The predicted octanol–water partition coefficient (Wildman–Crippen LogP) is 2.22. The van der Waals surface area contributed by atoms with E-state index in [9.17, 15) is 9.90 Å². The molecule has 0 aromatic heterocycles. The molecule has 1 saturated heterocycles. The van der Waals surface area contributed by atoms with E-state index in [1.807, 2.05) is 0 Å². The van der Waals surface area contributed by atoms with Gasteiger partial charge < -0.3 is 15.7 Å². The van der Waals surface area contributed by atoms with E-state index >= 15 is 0 Å². The van der Waals surface area contributed by atoms with Crippen molar-refractivity contribution in [1.29, 1.82) is 0 Å². The molecule has 3 rings (SSSR count). The second kappa shape index (κ2) is 5.64. The topological polar surface area (TPSA) is 66.6 Å². The summed E-state index contributed by atoms with van der Waals surface area (Å²) in [5.74, 6) is 0.286. The van der Waals surface area contributed by atoms with Crippen molar-refractivity contribution in [1.82, 2.24) is 4.90 Å². The standard InChI is InChI=1S/C16H28N2O2/c17-16(15(19)20)9-3-5-13(16)8-11-18-10-7-12-4-1-2-6-14(12)18/h12-14H,1-11,17H2,(H,19,20). The first kappa shape index (κ1) is 14.3. The number of hydrogen-bond donors (Lipinski definition) is 2. The van der Waals surface area contributed by atoms with Gasteiger partial charge in [-0.05, 0) is 63.5 Å². The van der Waals surface area contributed by atoms with Gasteiger partial charge in [0, 0.05) is 6.04 Å². The lowest BCUT2D eigenvalue weighted by atomic mass is 9.84. The lowest BCUT2D eigenvalue weighted by molar-refractivity contribution is -0.144. The highest BCUT2D eigenvalue weighted by Gasteiger charge is 2.46. The van der Waals surface area contributed by atoms with E-state index in [2.05, 4.69) is 4.90 Å². The molecule has 2 aliphatic carbocycles. The zero-order chi connectivity index (χ0) is 14.2. The minimum Gasteiger partial charge on any atom is -0.480 e. The fourth-order valence-electron chi connectivity index (χ4n) is 4.89. The highest BCUT2D eigenvalue weighted by atomic mass is 16.4. The number of fused-ring (bicyclic) bond motifs is 1. The predicted molar refractivity (Wildman–Crippen MR) is 78.4 cm³/mol. The van der Waals surface area contributed by atoms with Crippen molar-refractivity contribution < 1.29 is 9.90 Å². The van der Waals surface area contributed by atoms with Gasteiger partial charge in [0.05, 0.1) is 0 Å². The lowest BCUT2D eigenvalue weighted by Crippen LogP contribution is -2.51. The van der Waals surface area contributed by atoms with Gasteiger partial charge in [0.2, 0.25) is 0 Å². The summed E-state index contributed by atoms with van der Waals surface area (Å²) in [4.78, 5) is 14.0. The number of nitrogens with two attached hydrogens (primary N) is 1. The van der Waals surface area contributed by atoms with Crippen molar-refractivity contribution in [3.05, 3.63) is 0 Å². The van der Waals surface area contributed by atoms with Crippen LogP contribution in [0.2, 0.25) is 0 Å². The minimum absolute atomic E-state index is 0.169. The molecule has 0 aromatic rings.